The zero-order valence-electron chi connectivity index (χ0n) is 26.6. The Morgan fingerprint density at radius 1 is 0.773 bits per heavy atom. The number of nitrogens with one attached hydrogen (secondary N) is 2. The number of hydrogen-bond acceptors (Lipinski definition) is 5. The average molecular weight is 589 g/mol. The van der Waals surface area contributed by atoms with Crippen molar-refractivity contribution >= 4 is 17.3 Å². The number of esters is 1. The lowest BCUT2D eigenvalue weighted by Gasteiger charge is -2.15. The van der Waals surface area contributed by atoms with E-state index in [2.05, 4.69) is 68.5 Å². The van der Waals surface area contributed by atoms with Gasteiger partial charge in [0.05, 0.1) is 6.61 Å². The molecule has 3 rings (SSSR count). The van der Waals surface area contributed by atoms with Crippen LogP contribution < -0.4 is 14.8 Å². The largest absolute Gasteiger partial charge is 0.493 e. The van der Waals surface area contributed by atoms with E-state index in [1.165, 1.54) is 0 Å². The summed E-state index contributed by atoms with van der Waals surface area (Å²) < 4.78 is 11.4. The van der Waals surface area contributed by atoms with E-state index in [0.717, 1.165) is 80.9 Å². The Labute approximate surface area is 262 Å². The number of rotatable bonds is 16. The van der Waals surface area contributed by atoms with Crippen molar-refractivity contribution in [2.75, 3.05) is 13.2 Å². The van der Waals surface area contributed by atoms with Crippen LogP contribution in [0.3, 0.4) is 0 Å². The lowest BCUT2D eigenvalue weighted by atomic mass is 9.92. The van der Waals surface area contributed by atoms with E-state index in [0.29, 0.717) is 30.1 Å². The van der Waals surface area contributed by atoms with Gasteiger partial charge in [0, 0.05) is 29.9 Å². The van der Waals surface area contributed by atoms with Gasteiger partial charge in [-0.15, -0.1) is 0 Å². The average Bonchev–Trinajstić information content (AvgIpc) is 2.99. The Bertz CT molecular complexity index is 1610. The van der Waals surface area contributed by atoms with Gasteiger partial charge in [-0.05, 0) is 133 Å². The number of benzene rings is 3. The van der Waals surface area contributed by atoms with E-state index in [1.807, 2.05) is 39.0 Å². The second kappa shape index (κ2) is 15.5. The summed E-state index contributed by atoms with van der Waals surface area (Å²) >= 11 is 0. The first-order valence-corrected chi connectivity index (χ1v) is 14.7. The summed E-state index contributed by atoms with van der Waals surface area (Å²) in [5.74, 6) is 0.820. The van der Waals surface area contributed by atoms with Gasteiger partial charge in [-0.2, -0.15) is 0 Å². The maximum atomic E-state index is 12.0. The van der Waals surface area contributed by atoms with E-state index in [9.17, 15) is 4.79 Å². The Hall–Kier alpha value is -4.90. The van der Waals surface area contributed by atoms with Gasteiger partial charge in [-0.25, -0.2) is 4.79 Å². The standard InChI is InChI=1S/C39H44N2O3/c1-25(2)30(9)41-19-10-11-28(7)33-22-34(31-12-15-36(16-13-31)44-39(42)27(5)6)24-35(23-33)32-14-17-38(29(8)21-32)43-20-18-37(40)26(3)4/h12-17,21-24,40-41H,1,3,5,7,9-11,18-20H2,2,4,6,8H3. The van der Waals surface area contributed by atoms with Crippen LogP contribution in [0.25, 0.3) is 27.8 Å². The Kier molecular flexibility index (Phi) is 11.9. The third-order valence-corrected chi connectivity index (χ3v) is 7.23. The fraction of sp³-hybridized carbons (Fsp3) is 0.231. The summed E-state index contributed by atoms with van der Waals surface area (Å²) in [6, 6.07) is 20.1. The van der Waals surface area contributed by atoms with Crippen molar-refractivity contribution in [3.63, 3.8) is 0 Å². The van der Waals surface area contributed by atoms with Crippen LogP contribution in [0.15, 0.2) is 116 Å². The molecular formula is C39H44N2O3. The van der Waals surface area contributed by atoms with E-state index in [4.69, 9.17) is 14.9 Å². The molecule has 0 aliphatic rings. The highest BCUT2D eigenvalue weighted by atomic mass is 16.5. The molecule has 228 valence electrons. The number of aryl methyl sites for hydroxylation is 1. The molecule has 3 aromatic rings. The maximum Gasteiger partial charge on any atom is 0.338 e. The molecular weight excluding hydrogens is 544 g/mol. The molecule has 5 nitrogen and oxygen atoms in total. The first kappa shape index (κ1) is 33.6. The molecule has 0 fully saturated rings. The number of carbonyl (C=O) groups is 1. The molecule has 44 heavy (non-hydrogen) atoms. The van der Waals surface area contributed by atoms with Crippen molar-refractivity contribution in [1.82, 2.24) is 5.32 Å². The topological polar surface area (TPSA) is 71.4 Å². The Morgan fingerprint density at radius 2 is 1.41 bits per heavy atom. The van der Waals surface area contributed by atoms with E-state index in [1.54, 1.807) is 19.1 Å². The van der Waals surface area contributed by atoms with Gasteiger partial charge in [0.25, 0.3) is 0 Å². The molecule has 0 saturated carbocycles. The molecule has 0 aliphatic carbocycles. The number of allylic oxidation sites excluding steroid dienone is 3. The SMILES string of the molecule is C=C(C)C(=C)NCCCC(=C)c1cc(-c2ccc(OC(=O)C(=C)C)cc2)cc(-c2ccc(OCCC(=N)C(=C)C)c(C)c2)c1. The minimum atomic E-state index is -0.448. The maximum absolute atomic E-state index is 12.0. The van der Waals surface area contributed by atoms with Crippen molar-refractivity contribution in [1.29, 1.82) is 5.41 Å². The molecule has 0 heterocycles. The summed E-state index contributed by atoms with van der Waals surface area (Å²) in [4.78, 5) is 12.0. The predicted molar refractivity (Wildman–Crippen MR) is 185 cm³/mol. The first-order chi connectivity index (χ1) is 20.8. The molecule has 0 bridgehead atoms. The lowest BCUT2D eigenvalue weighted by Crippen LogP contribution is -2.14. The number of carbonyl (C=O) groups excluding carboxylic acids is 1. The highest BCUT2D eigenvalue weighted by Crippen LogP contribution is 2.34. The lowest BCUT2D eigenvalue weighted by molar-refractivity contribution is -0.130. The molecule has 0 aromatic heterocycles. The summed E-state index contributed by atoms with van der Waals surface area (Å²) in [6.07, 6.45) is 2.24. The van der Waals surface area contributed by atoms with Gasteiger partial charge < -0.3 is 20.2 Å². The summed E-state index contributed by atoms with van der Waals surface area (Å²) in [7, 11) is 0. The van der Waals surface area contributed by atoms with Crippen LogP contribution in [0.4, 0.5) is 0 Å². The summed E-state index contributed by atoms with van der Waals surface area (Å²) in [5, 5.41) is 11.3. The zero-order chi connectivity index (χ0) is 32.4. The number of ether oxygens (including phenoxy) is 2. The van der Waals surface area contributed by atoms with Crippen molar-refractivity contribution in [2.24, 2.45) is 0 Å². The first-order valence-electron chi connectivity index (χ1n) is 14.7. The Morgan fingerprint density at radius 3 is 2.00 bits per heavy atom. The van der Waals surface area contributed by atoms with Crippen LogP contribution in [0.5, 0.6) is 11.5 Å². The summed E-state index contributed by atoms with van der Waals surface area (Å²) in [6.45, 7) is 28.5. The minimum absolute atomic E-state index is 0.349. The van der Waals surface area contributed by atoms with Gasteiger partial charge in [0.1, 0.15) is 11.5 Å². The van der Waals surface area contributed by atoms with Crippen molar-refractivity contribution in [3.05, 3.63) is 127 Å². The highest BCUT2D eigenvalue weighted by Gasteiger charge is 2.12. The van der Waals surface area contributed by atoms with Gasteiger partial charge in [0.15, 0.2) is 0 Å². The molecule has 0 unspecified atom stereocenters. The van der Waals surface area contributed by atoms with E-state index >= 15 is 0 Å². The molecule has 0 saturated heterocycles. The molecule has 0 aliphatic heterocycles. The predicted octanol–water partition coefficient (Wildman–Crippen LogP) is 9.65. The fourth-order valence-electron chi connectivity index (χ4n) is 4.38. The van der Waals surface area contributed by atoms with Gasteiger partial charge in [-0.3, -0.25) is 0 Å². The van der Waals surface area contributed by atoms with E-state index < -0.39 is 5.97 Å². The zero-order valence-corrected chi connectivity index (χ0v) is 26.6. The van der Waals surface area contributed by atoms with Gasteiger partial charge in [0.2, 0.25) is 0 Å². The Balaban J connectivity index is 1.89. The minimum Gasteiger partial charge on any atom is -0.493 e. The molecule has 2 N–H and O–H groups in total. The quantitative estimate of drug-likeness (QED) is 0.0436. The molecule has 0 spiro atoms. The van der Waals surface area contributed by atoms with Crippen LogP contribution in [-0.4, -0.2) is 24.8 Å². The third-order valence-electron chi connectivity index (χ3n) is 7.23. The smallest absolute Gasteiger partial charge is 0.338 e. The molecule has 5 heteroatoms. The number of hydrogen-bond donors (Lipinski definition) is 2. The fourth-order valence-corrected chi connectivity index (χ4v) is 4.38. The van der Waals surface area contributed by atoms with Gasteiger partial charge in [-0.1, -0.05) is 51.1 Å². The van der Waals surface area contributed by atoms with Crippen molar-refractivity contribution < 1.29 is 14.3 Å². The van der Waals surface area contributed by atoms with Crippen LogP contribution in [-0.2, 0) is 4.79 Å². The normalized spacial score (nSPS) is 10.5. The van der Waals surface area contributed by atoms with Crippen LogP contribution in [0.1, 0.15) is 51.2 Å². The summed E-state index contributed by atoms with van der Waals surface area (Å²) in [5.41, 5.74) is 10.7. The molecule has 3 aromatic carbocycles. The molecule has 0 radical (unpaired) electrons. The van der Waals surface area contributed by atoms with E-state index in [-0.39, 0.29) is 0 Å². The van der Waals surface area contributed by atoms with Gasteiger partial charge >= 0.3 is 5.97 Å². The second-order valence-corrected chi connectivity index (χ2v) is 11.2. The molecule has 0 atom stereocenters. The van der Waals surface area contributed by atoms with Crippen LogP contribution in [0.2, 0.25) is 0 Å². The third kappa shape index (κ3) is 9.56. The van der Waals surface area contributed by atoms with Crippen molar-refractivity contribution in [3.8, 4) is 33.8 Å². The molecule has 0 amide bonds. The second-order valence-electron chi connectivity index (χ2n) is 11.2. The highest BCUT2D eigenvalue weighted by molar-refractivity contribution is 5.96. The van der Waals surface area contributed by atoms with Crippen LogP contribution >= 0.6 is 0 Å². The van der Waals surface area contributed by atoms with Crippen LogP contribution in [0, 0.1) is 12.3 Å². The monoisotopic (exact) mass is 588 g/mol. The van der Waals surface area contributed by atoms with Crippen molar-refractivity contribution in [2.45, 2.75) is 47.0 Å².